The molecule has 0 aliphatic rings. The Balaban J connectivity index is 1.41. The van der Waals surface area contributed by atoms with Gasteiger partial charge in [-0.2, -0.15) is 5.26 Å². The van der Waals surface area contributed by atoms with Gasteiger partial charge in [0.05, 0.1) is 5.56 Å². The van der Waals surface area contributed by atoms with Gasteiger partial charge in [0.2, 0.25) is 0 Å². The lowest BCUT2D eigenvalue weighted by Gasteiger charge is -2.13. The molecule has 31 heavy (non-hydrogen) atoms. The Morgan fingerprint density at radius 2 is 1.71 bits per heavy atom. The Hall–Kier alpha value is -3.83. The van der Waals surface area contributed by atoms with Crippen LogP contribution >= 0.6 is 11.3 Å². The van der Waals surface area contributed by atoms with E-state index in [1.165, 1.54) is 18.3 Å². The zero-order chi connectivity index (χ0) is 22.1. The van der Waals surface area contributed by atoms with Crippen LogP contribution in [0.4, 0.5) is 5.00 Å². The van der Waals surface area contributed by atoms with Crippen LogP contribution in [-0.4, -0.2) is 24.6 Å². The predicted molar refractivity (Wildman–Crippen MR) is 116 cm³/mol. The summed E-state index contributed by atoms with van der Waals surface area (Å²) in [6, 6.07) is 20.2. The fourth-order valence-electron chi connectivity index (χ4n) is 2.51. The minimum atomic E-state index is -1.03. The average Bonchev–Trinajstić information content (AvgIpc) is 3.24. The number of hydrogen-bond acceptors (Lipinski definition) is 7. The van der Waals surface area contributed by atoms with Crippen molar-refractivity contribution in [3.63, 3.8) is 0 Å². The zero-order valence-electron chi connectivity index (χ0n) is 16.7. The maximum Gasteiger partial charge on any atom is 0.344 e. The Morgan fingerprint density at radius 3 is 2.39 bits per heavy atom. The molecule has 8 heteroatoms. The maximum atomic E-state index is 12.1. The summed E-state index contributed by atoms with van der Waals surface area (Å²) in [6.07, 6.45) is -1.03. The summed E-state index contributed by atoms with van der Waals surface area (Å²) in [5, 5.41) is 13.7. The first-order valence-corrected chi connectivity index (χ1v) is 10.3. The van der Waals surface area contributed by atoms with Gasteiger partial charge in [-0.1, -0.05) is 30.3 Å². The molecule has 0 radical (unpaired) electrons. The van der Waals surface area contributed by atoms with Gasteiger partial charge in [-0.3, -0.25) is 4.79 Å². The molecule has 2 aromatic carbocycles. The summed E-state index contributed by atoms with van der Waals surface area (Å²) in [7, 11) is 0. The van der Waals surface area contributed by atoms with Crippen molar-refractivity contribution in [2.75, 3.05) is 11.9 Å². The van der Waals surface area contributed by atoms with E-state index >= 15 is 0 Å². The van der Waals surface area contributed by atoms with E-state index in [1.54, 1.807) is 35.7 Å². The lowest BCUT2D eigenvalue weighted by Crippen LogP contribution is -2.31. The summed E-state index contributed by atoms with van der Waals surface area (Å²) in [4.78, 5) is 24.1. The Labute approximate surface area is 183 Å². The molecular weight excluding hydrogens is 416 g/mol. The van der Waals surface area contributed by atoms with Crippen LogP contribution in [0.25, 0.3) is 0 Å². The number of ether oxygens (including phenoxy) is 3. The SMILES string of the molecule is CC(OC(=O)COc1ccc(OCc2ccccc2)cc1)C(=O)Nc1sccc1C#N. The number of hydrogen-bond donors (Lipinski definition) is 1. The van der Waals surface area contributed by atoms with Crippen LogP contribution in [0.2, 0.25) is 0 Å². The van der Waals surface area contributed by atoms with Gasteiger partial charge in [0.25, 0.3) is 5.91 Å². The molecule has 1 heterocycles. The van der Waals surface area contributed by atoms with E-state index in [9.17, 15) is 9.59 Å². The van der Waals surface area contributed by atoms with Crippen molar-refractivity contribution < 1.29 is 23.8 Å². The number of carbonyl (C=O) groups is 2. The smallest absolute Gasteiger partial charge is 0.344 e. The molecule has 3 rings (SSSR count). The van der Waals surface area contributed by atoms with Crippen molar-refractivity contribution >= 4 is 28.2 Å². The number of amides is 1. The third-order valence-electron chi connectivity index (χ3n) is 4.13. The topological polar surface area (TPSA) is 97.7 Å². The predicted octanol–water partition coefficient (Wildman–Crippen LogP) is 4.15. The average molecular weight is 436 g/mol. The first-order valence-electron chi connectivity index (χ1n) is 9.42. The summed E-state index contributed by atoms with van der Waals surface area (Å²) >= 11 is 1.22. The molecule has 0 saturated heterocycles. The number of nitriles is 1. The third kappa shape index (κ3) is 6.59. The Morgan fingerprint density at radius 1 is 1.03 bits per heavy atom. The highest BCUT2D eigenvalue weighted by molar-refractivity contribution is 7.14. The number of nitrogens with one attached hydrogen (secondary N) is 1. The van der Waals surface area contributed by atoms with E-state index in [0.29, 0.717) is 28.7 Å². The molecule has 7 nitrogen and oxygen atoms in total. The number of thiophene rings is 1. The molecule has 158 valence electrons. The standard InChI is InChI=1S/C23H20N2O5S/c1-16(22(27)25-23-18(13-24)11-12-31-23)30-21(26)15-29-20-9-7-19(8-10-20)28-14-17-5-3-2-4-6-17/h2-12,16H,14-15H2,1H3,(H,25,27). The second-order valence-corrected chi connectivity index (χ2v) is 7.35. The molecule has 0 aliphatic heterocycles. The first-order chi connectivity index (χ1) is 15.0. The molecule has 1 unspecified atom stereocenters. The Bertz CT molecular complexity index is 1060. The van der Waals surface area contributed by atoms with Crippen molar-refractivity contribution in [1.82, 2.24) is 0 Å². The fraction of sp³-hybridized carbons (Fsp3) is 0.174. The van der Waals surface area contributed by atoms with Crippen LogP contribution in [0.15, 0.2) is 66.0 Å². The molecule has 1 atom stereocenters. The van der Waals surface area contributed by atoms with Gasteiger partial charge >= 0.3 is 5.97 Å². The highest BCUT2D eigenvalue weighted by Gasteiger charge is 2.20. The molecule has 1 aromatic heterocycles. The number of nitrogens with zero attached hydrogens (tertiary/aromatic N) is 1. The van der Waals surface area contributed by atoms with Crippen LogP contribution < -0.4 is 14.8 Å². The van der Waals surface area contributed by atoms with Crippen LogP contribution in [0, 0.1) is 11.3 Å². The fourth-order valence-corrected chi connectivity index (χ4v) is 3.25. The summed E-state index contributed by atoms with van der Waals surface area (Å²) in [6.45, 7) is 1.56. The number of carbonyl (C=O) groups excluding carboxylic acids is 2. The molecule has 0 fully saturated rings. The van der Waals surface area contributed by atoms with E-state index < -0.39 is 18.0 Å². The summed E-state index contributed by atoms with van der Waals surface area (Å²) in [5.41, 5.74) is 1.42. The second-order valence-electron chi connectivity index (χ2n) is 6.43. The van der Waals surface area contributed by atoms with Gasteiger partial charge in [0.15, 0.2) is 12.7 Å². The molecule has 1 amide bonds. The minimum absolute atomic E-state index is 0.343. The van der Waals surface area contributed by atoms with Crippen LogP contribution in [0.1, 0.15) is 18.1 Å². The maximum absolute atomic E-state index is 12.1. The largest absolute Gasteiger partial charge is 0.489 e. The third-order valence-corrected chi connectivity index (χ3v) is 4.96. The van der Waals surface area contributed by atoms with Crippen molar-refractivity contribution in [2.45, 2.75) is 19.6 Å². The normalized spacial score (nSPS) is 11.1. The molecule has 0 saturated carbocycles. The zero-order valence-corrected chi connectivity index (χ0v) is 17.6. The van der Waals surface area contributed by atoms with Crippen LogP contribution in [-0.2, 0) is 20.9 Å². The van der Waals surface area contributed by atoms with Gasteiger partial charge in [-0.15, -0.1) is 11.3 Å². The number of benzene rings is 2. The highest BCUT2D eigenvalue weighted by Crippen LogP contribution is 2.22. The van der Waals surface area contributed by atoms with Gasteiger partial charge in [0.1, 0.15) is 29.2 Å². The van der Waals surface area contributed by atoms with Crippen molar-refractivity contribution in [3.8, 4) is 17.6 Å². The molecule has 3 aromatic rings. The van der Waals surface area contributed by atoms with Crippen LogP contribution in [0.3, 0.4) is 0 Å². The van der Waals surface area contributed by atoms with Gasteiger partial charge in [0, 0.05) is 0 Å². The van der Waals surface area contributed by atoms with Crippen molar-refractivity contribution in [3.05, 3.63) is 77.2 Å². The molecule has 0 spiro atoms. The quantitative estimate of drug-likeness (QED) is 0.506. The second kappa shape index (κ2) is 10.8. The van der Waals surface area contributed by atoms with Gasteiger partial charge < -0.3 is 19.5 Å². The first kappa shape index (κ1) is 21.9. The van der Waals surface area contributed by atoms with Crippen molar-refractivity contribution in [1.29, 1.82) is 5.26 Å². The monoisotopic (exact) mass is 436 g/mol. The minimum Gasteiger partial charge on any atom is -0.489 e. The number of anilines is 1. The van der Waals surface area contributed by atoms with E-state index in [0.717, 1.165) is 5.56 Å². The molecule has 1 N–H and O–H groups in total. The molecule has 0 aliphatic carbocycles. The number of rotatable bonds is 9. The molecule has 0 bridgehead atoms. The lowest BCUT2D eigenvalue weighted by molar-refractivity contribution is -0.155. The summed E-state index contributed by atoms with van der Waals surface area (Å²) < 4.78 is 16.2. The summed E-state index contributed by atoms with van der Waals surface area (Å²) in [5.74, 6) is -0.0568. The number of esters is 1. The molecular formula is C23H20N2O5S. The van der Waals surface area contributed by atoms with E-state index in [4.69, 9.17) is 19.5 Å². The van der Waals surface area contributed by atoms with E-state index in [2.05, 4.69) is 5.32 Å². The van der Waals surface area contributed by atoms with Gasteiger partial charge in [-0.25, -0.2) is 4.79 Å². The highest BCUT2D eigenvalue weighted by atomic mass is 32.1. The lowest BCUT2D eigenvalue weighted by atomic mass is 10.2. The van der Waals surface area contributed by atoms with E-state index in [-0.39, 0.29) is 6.61 Å². The van der Waals surface area contributed by atoms with E-state index in [1.807, 2.05) is 36.4 Å². The van der Waals surface area contributed by atoms with Crippen molar-refractivity contribution in [2.24, 2.45) is 0 Å². The van der Waals surface area contributed by atoms with Gasteiger partial charge in [-0.05, 0) is 48.2 Å². The Kier molecular flexibility index (Phi) is 7.62. The van der Waals surface area contributed by atoms with Crippen LogP contribution in [0.5, 0.6) is 11.5 Å².